The summed E-state index contributed by atoms with van der Waals surface area (Å²) in [4.78, 5) is 0. The van der Waals surface area contributed by atoms with Crippen molar-refractivity contribution in [2.45, 2.75) is 52.5 Å². The molecule has 0 amide bonds. The van der Waals surface area contributed by atoms with Crippen LogP contribution in [0.5, 0.6) is 0 Å². The number of hydrogen-bond donors (Lipinski definition) is 2. The monoisotopic (exact) mass is 199 g/mol. The first kappa shape index (κ1) is 12.0. The van der Waals surface area contributed by atoms with Gasteiger partial charge in [-0.25, -0.2) is 0 Å². The molecule has 2 heteroatoms. The van der Waals surface area contributed by atoms with Crippen LogP contribution < -0.4 is 5.73 Å². The molecule has 0 aromatic heterocycles. The van der Waals surface area contributed by atoms with Crippen LogP contribution in [-0.4, -0.2) is 17.8 Å². The first-order chi connectivity index (χ1) is 6.52. The second-order valence-corrected chi connectivity index (χ2v) is 5.32. The lowest BCUT2D eigenvalue weighted by atomic mass is 9.62. The molecule has 0 aromatic rings. The van der Waals surface area contributed by atoms with E-state index in [2.05, 4.69) is 20.8 Å². The predicted molar refractivity (Wildman–Crippen MR) is 60.0 cm³/mol. The van der Waals surface area contributed by atoms with Gasteiger partial charge in [-0.05, 0) is 49.9 Å². The van der Waals surface area contributed by atoms with E-state index in [1.165, 1.54) is 19.3 Å². The molecule has 0 radical (unpaired) electrons. The summed E-state index contributed by atoms with van der Waals surface area (Å²) < 4.78 is 0. The van der Waals surface area contributed by atoms with Crippen LogP contribution >= 0.6 is 0 Å². The van der Waals surface area contributed by atoms with Gasteiger partial charge in [-0.3, -0.25) is 0 Å². The number of aliphatic hydroxyl groups excluding tert-OH is 1. The first-order valence-corrected chi connectivity index (χ1v) is 5.88. The minimum atomic E-state index is 0.209. The minimum Gasteiger partial charge on any atom is -0.396 e. The van der Waals surface area contributed by atoms with Gasteiger partial charge in [0, 0.05) is 12.6 Å². The quantitative estimate of drug-likeness (QED) is 0.731. The highest BCUT2D eigenvalue weighted by atomic mass is 16.3. The maximum absolute atomic E-state index is 9.13. The molecule has 0 saturated heterocycles. The van der Waals surface area contributed by atoms with E-state index >= 15 is 0 Å². The number of aliphatic hydroxyl groups is 1. The highest BCUT2D eigenvalue weighted by Crippen LogP contribution is 2.45. The second-order valence-electron chi connectivity index (χ2n) is 5.32. The average molecular weight is 199 g/mol. The van der Waals surface area contributed by atoms with Gasteiger partial charge < -0.3 is 10.8 Å². The first-order valence-electron chi connectivity index (χ1n) is 5.88. The third-order valence-electron chi connectivity index (χ3n) is 4.37. The maximum Gasteiger partial charge on any atom is 0.0436 e. The molecule has 0 bridgehead atoms. The van der Waals surface area contributed by atoms with Gasteiger partial charge in [0.1, 0.15) is 0 Å². The Kier molecular flexibility index (Phi) is 3.96. The summed E-state index contributed by atoms with van der Waals surface area (Å²) in [6, 6.07) is 0.213. The molecular formula is C12H25NO. The third kappa shape index (κ3) is 2.29. The van der Waals surface area contributed by atoms with Crippen molar-refractivity contribution in [1.82, 2.24) is 0 Å². The summed E-state index contributed by atoms with van der Waals surface area (Å²) in [6.07, 6.45) is 4.52. The number of rotatable bonds is 3. The van der Waals surface area contributed by atoms with E-state index in [-0.39, 0.29) is 18.1 Å². The normalized spacial score (nSPS) is 40.9. The number of hydrogen-bond acceptors (Lipinski definition) is 2. The van der Waals surface area contributed by atoms with Gasteiger partial charge in [0.15, 0.2) is 0 Å². The highest BCUT2D eigenvalue weighted by Gasteiger charge is 2.39. The van der Waals surface area contributed by atoms with E-state index in [0.717, 1.165) is 18.3 Å². The van der Waals surface area contributed by atoms with E-state index in [4.69, 9.17) is 10.8 Å². The Hall–Kier alpha value is -0.0800. The molecule has 1 saturated carbocycles. The zero-order valence-electron chi connectivity index (χ0n) is 9.79. The Balaban J connectivity index is 2.69. The lowest BCUT2D eigenvalue weighted by Gasteiger charge is -2.45. The van der Waals surface area contributed by atoms with Gasteiger partial charge in [0.2, 0.25) is 0 Å². The molecule has 1 fully saturated rings. The zero-order chi connectivity index (χ0) is 10.8. The lowest BCUT2D eigenvalue weighted by Crippen LogP contribution is -2.45. The fourth-order valence-corrected chi connectivity index (χ4v) is 2.84. The SMILES string of the molecule is CC1CCC(CCO)(C(C)N)CC1C. The van der Waals surface area contributed by atoms with Gasteiger partial charge in [-0.1, -0.05) is 13.8 Å². The average Bonchev–Trinajstić information content (AvgIpc) is 2.12. The van der Waals surface area contributed by atoms with Gasteiger partial charge in [0.05, 0.1) is 0 Å². The summed E-state index contributed by atoms with van der Waals surface area (Å²) in [6.45, 7) is 7.02. The van der Waals surface area contributed by atoms with Crippen molar-refractivity contribution in [2.75, 3.05) is 6.61 Å². The summed E-state index contributed by atoms with van der Waals surface area (Å²) in [7, 11) is 0. The van der Waals surface area contributed by atoms with E-state index < -0.39 is 0 Å². The third-order valence-corrected chi connectivity index (χ3v) is 4.37. The van der Waals surface area contributed by atoms with Gasteiger partial charge in [0.25, 0.3) is 0 Å². The predicted octanol–water partition coefficient (Wildman–Crippen LogP) is 2.16. The fraction of sp³-hybridized carbons (Fsp3) is 1.00. The highest BCUT2D eigenvalue weighted by molar-refractivity contribution is 4.92. The fourth-order valence-electron chi connectivity index (χ4n) is 2.84. The Bertz CT molecular complexity index is 181. The molecule has 1 rings (SSSR count). The largest absolute Gasteiger partial charge is 0.396 e. The van der Waals surface area contributed by atoms with Crippen LogP contribution in [0.1, 0.15) is 46.5 Å². The number of nitrogens with two attached hydrogens (primary N) is 1. The van der Waals surface area contributed by atoms with Crippen molar-refractivity contribution >= 4 is 0 Å². The Morgan fingerprint density at radius 1 is 1.43 bits per heavy atom. The van der Waals surface area contributed by atoms with E-state index in [1.807, 2.05) is 0 Å². The van der Waals surface area contributed by atoms with Crippen LogP contribution in [0.4, 0.5) is 0 Å². The van der Waals surface area contributed by atoms with Crippen LogP contribution in [0.3, 0.4) is 0 Å². The van der Waals surface area contributed by atoms with Crippen LogP contribution in [0.2, 0.25) is 0 Å². The molecule has 1 aliphatic rings. The van der Waals surface area contributed by atoms with Crippen molar-refractivity contribution in [3.05, 3.63) is 0 Å². The van der Waals surface area contributed by atoms with Crippen LogP contribution in [0.15, 0.2) is 0 Å². The molecule has 3 N–H and O–H groups in total. The van der Waals surface area contributed by atoms with Crippen LogP contribution in [0.25, 0.3) is 0 Å². The Morgan fingerprint density at radius 2 is 2.07 bits per heavy atom. The molecule has 4 unspecified atom stereocenters. The molecule has 0 heterocycles. The smallest absolute Gasteiger partial charge is 0.0436 e. The van der Waals surface area contributed by atoms with Crippen molar-refractivity contribution in [1.29, 1.82) is 0 Å². The molecule has 1 aliphatic carbocycles. The standard InChI is InChI=1S/C12H25NO/c1-9-4-5-12(6-7-14,11(3)13)8-10(9)2/h9-11,14H,4-8,13H2,1-3H3. The second kappa shape index (κ2) is 4.63. The Labute approximate surface area is 87.9 Å². The molecule has 84 valence electrons. The van der Waals surface area contributed by atoms with Crippen molar-refractivity contribution in [2.24, 2.45) is 23.0 Å². The van der Waals surface area contributed by atoms with Gasteiger partial charge in [-0.2, -0.15) is 0 Å². The molecule has 0 aliphatic heterocycles. The van der Waals surface area contributed by atoms with Crippen LogP contribution in [0, 0.1) is 17.3 Å². The molecular weight excluding hydrogens is 174 g/mol. The van der Waals surface area contributed by atoms with E-state index in [9.17, 15) is 0 Å². The molecule has 14 heavy (non-hydrogen) atoms. The molecule has 0 spiro atoms. The van der Waals surface area contributed by atoms with Crippen LogP contribution in [-0.2, 0) is 0 Å². The van der Waals surface area contributed by atoms with Crippen molar-refractivity contribution in [3.63, 3.8) is 0 Å². The molecule has 4 atom stereocenters. The zero-order valence-corrected chi connectivity index (χ0v) is 9.79. The summed E-state index contributed by atoms with van der Waals surface area (Å²) in [5.41, 5.74) is 6.29. The topological polar surface area (TPSA) is 46.2 Å². The summed E-state index contributed by atoms with van der Waals surface area (Å²) in [5.74, 6) is 1.57. The van der Waals surface area contributed by atoms with E-state index in [0.29, 0.717) is 0 Å². The van der Waals surface area contributed by atoms with Gasteiger partial charge >= 0.3 is 0 Å². The summed E-state index contributed by atoms with van der Waals surface area (Å²) in [5, 5.41) is 9.13. The maximum atomic E-state index is 9.13. The van der Waals surface area contributed by atoms with Crippen molar-refractivity contribution < 1.29 is 5.11 Å². The summed E-state index contributed by atoms with van der Waals surface area (Å²) >= 11 is 0. The van der Waals surface area contributed by atoms with E-state index in [1.54, 1.807) is 0 Å². The van der Waals surface area contributed by atoms with Crippen molar-refractivity contribution in [3.8, 4) is 0 Å². The Morgan fingerprint density at radius 3 is 2.50 bits per heavy atom. The minimum absolute atomic E-state index is 0.209. The van der Waals surface area contributed by atoms with Gasteiger partial charge in [-0.15, -0.1) is 0 Å². The molecule has 2 nitrogen and oxygen atoms in total. The lowest BCUT2D eigenvalue weighted by molar-refractivity contribution is 0.0537. The molecule has 0 aromatic carbocycles.